The lowest BCUT2D eigenvalue weighted by Gasteiger charge is -2.07. The third-order valence-corrected chi connectivity index (χ3v) is 2.49. The molecule has 0 amide bonds. The van der Waals surface area contributed by atoms with Crippen molar-refractivity contribution >= 4 is 22.6 Å². The topological polar surface area (TPSA) is 81.2 Å². The molecule has 1 N–H and O–H groups in total. The lowest BCUT2D eigenvalue weighted by Crippen LogP contribution is -2.12. The third-order valence-electron chi connectivity index (χ3n) is 1.91. The minimum Gasteiger partial charge on any atom is -0.494 e. The van der Waals surface area contributed by atoms with Crippen LogP contribution >= 0.6 is 11.8 Å². The van der Waals surface area contributed by atoms with E-state index in [1.54, 1.807) is 30.6 Å². The second-order valence-electron chi connectivity index (χ2n) is 2.83. The van der Waals surface area contributed by atoms with Crippen LogP contribution in [0.25, 0.3) is 0 Å². The minimum atomic E-state index is 0.399. The van der Waals surface area contributed by atoms with Crippen molar-refractivity contribution in [1.29, 1.82) is 10.5 Å². The number of ether oxygens (including phenoxy) is 1. The molecule has 0 saturated carbocycles. The van der Waals surface area contributed by atoms with Crippen molar-refractivity contribution in [1.82, 2.24) is 5.32 Å². The lowest BCUT2D eigenvalue weighted by atomic mass is 10.2. The van der Waals surface area contributed by atoms with Crippen LogP contribution in [0.2, 0.25) is 0 Å². The predicted octanol–water partition coefficient (Wildman–Crippen LogP) is 1.99. The molecule has 6 heteroatoms. The average molecular weight is 246 g/mol. The average Bonchev–Trinajstić information content (AvgIpc) is 2.38. The number of nitrogens with one attached hydrogen (secondary N) is 1. The van der Waals surface area contributed by atoms with Crippen molar-refractivity contribution in [3.8, 4) is 18.0 Å². The SMILES string of the molecule is COc1cccc(C#N)c1N=C(NC#N)SC. The number of hydrogen-bond acceptors (Lipinski definition) is 5. The van der Waals surface area contributed by atoms with Crippen LogP contribution < -0.4 is 10.1 Å². The van der Waals surface area contributed by atoms with E-state index >= 15 is 0 Å². The van der Waals surface area contributed by atoms with Crippen LogP contribution in [-0.2, 0) is 0 Å². The Labute approximate surface area is 104 Å². The van der Waals surface area contributed by atoms with Crippen LogP contribution in [0.3, 0.4) is 0 Å². The molecule has 0 aliphatic heterocycles. The highest BCUT2D eigenvalue weighted by Crippen LogP contribution is 2.31. The number of methoxy groups -OCH3 is 1. The molecule has 0 spiro atoms. The molecule has 0 atom stereocenters. The van der Waals surface area contributed by atoms with Crippen molar-refractivity contribution < 1.29 is 4.74 Å². The number of amidine groups is 1. The highest BCUT2D eigenvalue weighted by Gasteiger charge is 2.09. The molecule has 86 valence electrons. The Kier molecular flexibility index (Phi) is 4.86. The van der Waals surface area contributed by atoms with Crippen molar-refractivity contribution in [3.05, 3.63) is 23.8 Å². The van der Waals surface area contributed by atoms with Gasteiger partial charge in [-0.3, -0.25) is 5.32 Å². The maximum atomic E-state index is 8.99. The Morgan fingerprint density at radius 2 is 2.24 bits per heavy atom. The number of rotatable bonds is 2. The number of nitrogens with zero attached hydrogens (tertiary/aromatic N) is 3. The summed E-state index contributed by atoms with van der Waals surface area (Å²) in [6.45, 7) is 0. The van der Waals surface area contributed by atoms with Crippen LogP contribution in [0.15, 0.2) is 23.2 Å². The lowest BCUT2D eigenvalue weighted by molar-refractivity contribution is 0.416. The first kappa shape index (κ1) is 12.9. The van der Waals surface area contributed by atoms with Gasteiger partial charge in [0.25, 0.3) is 0 Å². The van der Waals surface area contributed by atoms with Gasteiger partial charge in [-0.05, 0) is 18.4 Å². The van der Waals surface area contributed by atoms with Crippen molar-refractivity contribution in [3.63, 3.8) is 0 Å². The Hall–Kier alpha value is -2.18. The van der Waals surface area contributed by atoms with E-state index in [2.05, 4.69) is 10.3 Å². The third kappa shape index (κ3) is 3.13. The van der Waals surface area contributed by atoms with Crippen molar-refractivity contribution in [2.75, 3.05) is 13.4 Å². The van der Waals surface area contributed by atoms with E-state index in [4.69, 9.17) is 15.3 Å². The quantitative estimate of drug-likeness (QED) is 0.373. The van der Waals surface area contributed by atoms with Gasteiger partial charge < -0.3 is 4.74 Å². The molecule has 5 nitrogen and oxygen atoms in total. The zero-order chi connectivity index (χ0) is 12.7. The fraction of sp³-hybridized carbons (Fsp3) is 0.182. The number of benzene rings is 1. The second kappa shape index (κ2) is 6.41. The fourth-order valence-corrected chi connectivity index (χ4v) is 1.50. The predicted molar refractivity (Wildman–Crippen MR) is 67.1 cm³/mol. The highest BCUT2D eigenvalue weighted by atomic mass is 32.2. The number of para-hydroxylation sites is 1. The maximum absolute atomic E-state index is 8.99. The van der Waals surface area contributed by atoms with Gasteiger partial charge in [-0.2, -0.15) is 10.5 Å². The zero-order valence-corrected chi connectivity index (χ0v) is 10.2. The molecule has 17 heavy (non-hydrogen) atoms. The second-order valence-corrected chi connectivity index (χ2v) is 3.62. The van der Waals surface area contributed by atoms with Crippen LogP contribution in [-0.4, -0.2) is 18.5 Å². The summed E-state index contributed by atoms with van der Waals surface area (Å²) in [4.78, 5) is 4.21. The first-order valence-corrected chi connectivity index (χ1v) is 5.84. The molecule has 0 aliphatic carbocycles. The summed E-state index contributed by atoms with van der Waals surface area (Å²) in [6, 6.07) is 7.11. The fourth-order valence-electron chi connectivity index (χ4n) is 1.17. The number of aliphatic imine (C=N–C) groups is 1. The number of hydrogen-bond donors (Lipinski definition) is 1. The molecule has 0 saturated heterocycles. The van der Waals surface area contributed by atoms with E-state index in [9.17, 15) is 0 Å². The Balaban J connectivity index is 3.29. The molecule has 1 aromatic rings. The largest absolute Gasteiger partial charge is 0.494 e. The summed E-state index contributed by atoms with van der Waals surface area (Å²) in [5.41, 5.74) is 0.820. The summed E-state index contributed by atoms with van der Waals surface area (Å²) < 4.78 is 5.13. The van der Waals surface area contributed by atoms with Gasteiger partial charge in [-0.1, -0.05) is 17.8 Å². The summed E-state index contributed by atoms with van der Waals surface area (Å²) in [7, 11) is 1.51. The Morgan fingerprint density at radius 1 is 1.47 bits per heavy atom. The molecule has 0 fully saturated rings. The van der Waals surface area contributed by atoms with E-state index in [0.717, 1.165) is 0 Å². The van der Waals surface area contributed by atoms with E-state index < -0.39 is 0 Å². The zero-order valence-electron chi connectivity index (χ0n) is 9.39. The molecule has 0 radical (unpaired) electrons. The van der Waals surface area contributed by atoms with Gasteiger partial charge in [0.15, 0.2) is 11.4 Å². The monoisotopic (exact) mass is 246 g/mol. The molecular weight excluding hydrogens is 236 g/mol. The van der Waals surface area contributed by atoms with Gasteiger partial charge in [0.05, 0.1) is 12.7 Å². The number of thioether (sulfide) groups is 1. The molecule has 1 aromatic carbocycles. The summed E-state index contributed by atoms with van der Waals surface area (Å²) in [6.07, 6.45) is 3.57. The van der Waals surface area contributed by atoms with Gasteiger partial charge in [0.1, 0.15) is 17.5 Å². The van der Waals surface area contributed by atoms with Crippen molar-refractivity contribution in [2.24, 2.45) is 4.99 Å². The Bertz CT molecular complexity index is 513. The molecule has 1 rings (SSSR count). The van der Waals surface area contributed by atoms with Crippen LogP contribution in [0.4, 0.5) is 5.69 Å². The Morgan fingerprint density at radius 3 is 2.76 bits per heavy atom. The summed E-state index contributed by atoms with van der Waals surface area (Å²) in [5, 5.41) is 20.4. The van der Waals surface area contributed by atoms with E-state index in [1.165, 1.54) is 18.9 Å². The minimum absolute atomic E-state index is 0.399. The molecule has 0 bridgehead atoms. The van der Waals surface area contributed by atoms with Crippen molar-refractivity contribution in [2.45, 2.75) is 0 Å². The summed E-state index contributed by atoms with van der Waals surface area (Å²) >= 11 is 1.28. The van der Waals surface area contributed by atoms with E-state index in [-0.39, 0.29) is 0 Å². The number of nitriles is 2. The van der Waals surface area contributed by atoms with Crippen LogP contribution in [0, 0.1) is 22.8 Å². The molecule has 0 heterocycles. The molecule has 0 aliphatic rings. The van der Waals surface area contributed by atoms with Crippen LogP contribution in [0.5, 0.6) is 5.75 Å². The normalized spacial score (nSPS) is 10.2. The van der Waals surface area contributed by atoms with Gasteiger partial charge >= 0.3 is 0 Å². The smallest absolute Gasteiger partial charge is 0.183 e. The first-order chi connectivity index (χ1) is 8.26. The maximum Gasteiger partial charge on any atom is 0.183 e. The molecular formula is C11H10N4OS. The van der Waals surface area contributed by atoms with Crippen LogP contribution in [0.1, 0.15) is 5.56 Å². The highest BCUT2D eigenvalue weighted by molar-refractivity contribution is 8.13. The summed E-state index contributed by atoms with van der Waals surface area (Å²) in [5.74, 6) is 0.496. The van der Waals surface area contributed by atoms with Gasteiger partial charge in [-0.25, -0.2) is 4.99 Å². The van der Waals surface area contributed by atoms with E-state index in [0.29, 0.717) is 22.2 Å². The van der Waals surface area contributed by atoms with E-state index in [1.807, 2.05) is 6.07 Å². The standard InChI is InChI=1S/C11H10N4OS/c1-16-9-5-3-4-8(6-12)10(9)15-11(17-2)14-7-13/h3-5H,1-2H3,(H,14,15). The molecule has 0 aromatic heterocycles. The van der Waals surface area contributed by atoms with Gasteiger partial charge in [-0.15, -0.1) is 0 Å². The molecule has 0 unspecified atom stereocenters. The van der Waals surface area contributed by atoms with Gasteiger partial charge in [0, 0.05) is 0 Å². The first-order valence-electron chi connectivity index (χ1n) is 4.61. The van der Waals surface area contributed by atoms with Gasteiger partial charge in [0.2, 0.25) is 0 Å².